The quantitative estimate of drug-likeness (QED) is 0.805. The molecular weight excluding hydrogens is 285 g/mol. The van der Waals surface area contributed by atoms with E-state index in [1.54, 1.807) is 12.1 Å². The maximum atomic E-state index is 11.1. The maximum absolute atomic E-state index is 11.1. The maximum Gasteiger partial charge on any atom is 0.307 e. The van der Waals surface area contributed by atoms with E-state index in [1.807, 2.05) is 19.9 Å². The highest BCUT2D eigenvalue weighted by Gasteiger charge is 2.18. The normalized spacial score (nSPS) is 12.7. The van der Waals surface area contributed by atoms with E-state index in [1.165, 1.54) is 0 Å². The second kappa shape index (κ2) is 7.73. The molecule has 2 N–H and O–H groups in total. The topological polar surface area (TPSA) is 49.3 Å². The number of halogens is 2. The SMILES string of the molecule is CC(C)CC(CNCc1ccc(Cl)cc1Cl)C(=O)O. The molecule has 3 nitrogen and oxygen atoms in total. The number of carboxylic acid groups (broad SMARTS) is 1. The van der Waals surface area contributed by atoms with E-state index in [-0.39, 0.29) is 5.92 Å². The van der Waals surface area contributed by atoms with Crippen LogP contribution in [0.15, 0.2) is 18.2 Å². The van der Waals surface area contributed by atoms with Crippen LogP contribution in [0, 0.1) is 11.8 Å². The van der Waals surface area contributed by atoms with Gasteiger partial charge in [0.1, 0.15) is 0 Å². The third kappa shape index (κ3) is 5.81. The van der Waals surface area contributed by atoms with Crippen molar-refractivity contribution in [3.63, 3.8) is 0 Å². The fourth-order valence-electron chi connectivity index (χ4n) is 1.89. The molecule has 0 saturated carbocycles. The van der Waals surface area contributed by atoms with Crippen molar-refractivity contribution in [3.8, 4) is 0 Å². The highest BCUT2D eigenvalue weighted by molar-refractivity contribution is 6.35. The van der Waals surface area contributed by atoms with Crippen molar-refractivity contribution in [2.24, 2.45) is 11.8 Å². The minimum atomic E-state index is -0.761. The van der Waals surface area contributed by atoms with Crippen LogP contribution in [-0.2, 0) is 11.3 Å². The van der Waals surface area contributed by atoms with Crippen LogP contribution in [0.3, 0.4) is 0 Å². The van der Waals surface area contributed by atoms with Gasteiger partial charge in [0, 0.05) is 23.1 Å². The molecule has 1 aromatic rings. The number of hydrogen-bond acceptors (Lipinski definition) is 2. The molecule has 1 aromatic carbocycles. The van der Waals surface area contributed by atoms with Crippen molar-refractivity contribution in [1.82, 2.24) is 5.32 Å². The number of carbonyl (C=O) groups is 1. The standard InChI is InChI=1S/C14H19Cl2NO2/c1-9(2)5-11(14(18)19)8-17-7-10-3-4-12(15)6-13(10)16/h3-4,6,9,11,17H,5,7-8H2,1-2H3,(H,18,19). The van der Waals surface area contributed by atoms with Gasteiger partial charge in [-0.15, -0.1) is 0 Å². The second-order valence-corrected chi connectivity index (χ2v) is 5.87. The van der Waals surface area contributed by atoms with Gasteiger partial charge in [-0.05, 0) is 30.0 Å². The summed E-state index contributed by atoms with van der Waals surface area (Å²) in [6.07, 6.45) is 0.663. The number of nitrogens with one attached hydrogen (secondary N) is 1. The van der Waals surface area contributed by atoms with E-state index >= 15 is 0 Å². The Hall–Kier alpha value is -0.770. The molecule has 0 aromatic heterocycles. The van der Waals surface area contributed by atoms with Gasteiger partial charge in [-0.1, -0.05) is 43.1 Å². The van der Waals surface area contributed by atoms with E-state index in [2.05, 4.69) is 5.32 Å². The molecule has 0 aliphatic carbocycles. The number of benzene rings is 1. The fourth-order valence-corrected chi connectivity index (χ4v) is 2.36. The van der Waals surface area contributed by atoms with Crippen LogP contribution in [0.4, 0.5) is 0 Å². The van der Waals surface area contributed by atoms with Crippen molar-refractivity contribution < 1.29 is 9.90 Å². The van der Waals surface area contributed by atoms with Crippen molar-refractivity contribution in [2.75, 3.05) is 6.54 Å². The highest BCUT2D eigenvalue weighted by atomic mass is 35.5. The predicted octanol–water partition coefficient (Wildman–Crippen LogP) is 3.83. The molecular formula is C14H19Cl2NO2. The first-order valence-corrected chi connectivity index (χ1v) is 7.03. The first kappa shape index (κ1) is 16.3. The number of rotatable bonds is 7. The molecule has 0 heterocycles. The summed E-state index contributed by atoms with van der Waals surface area (Å²) >= 11 is 11.9. The van der Waals surface area contributed by atoms with Crippen LogP contribution in [0.5, 0.6) is 0 Å². The van der Waals surface area contributed by atoms with Gasteiger partial charge in [0.15, 0.2) is 0 Å². The average Bonchev–Trinajstić information content (AvgIpc) is 2.29. The monoisotopic (exact) mass is 303 g/mol. The molecule has 0 spiro atoms. The molecule has 19 heavy (non-hydrogen) atoms. The number of hydrogen-bond donors (Lipinski definition) is 2. The lowest BCUT2D eigenvalue weighted by molar-refractivity contribution is -0.142. The van der Waals surface area contributed by atoms with Crippen molar-refractivity contribution in [1.29, 1.82) is 0 Å². The lowest BCUT2D eigenvalue weighted by atomic mass is 9.97. The molecule has 0 saturated heterocycles. The molecule has 106 valence electrons. The summed E-state index contributed by atoms with van der Waals surface area (Å²) in [5.74, 6) is -0.767. The molecule has 1 unspecified atom stereocenters. The Morgan fingerprint density at radius 1 is 1.37 bits per heavy atom. The molecule has 0 radical (unpaired) electrons. The van der Waals surface area contributed by atoms with Crippen molar-refractivity contribution in [3.05, 3.63) is 33.8 Å². The van der Waals surface area contributed by atoms with E-state index in [0.29, 0.717) is 35.5 Å². The molecule has 1 atom stereocenters. The lowest BCUT2D eigenvalue weighted by Gasteiger charge is -2.15. The Balaban J connectivity index is 2.49. The average molecular weight is 304 g/mol. The second-order valence-electron chi connectivity index (χ2n) is 5.03. The molecule has 0 bridgehead atoms. The van der Waals surface area contributed by atoms with Gasteiger partial charge >= 0.3 is 5.97 Å². The molecule has 0 amide bonds. The smallest absolute Gasteiger partial charge is 0.307 e. The largest absolute Gasteiger partial charge is 0.481 e. The Morgan fingerprint density at radius 2 is 2.05 bits per heavy atom. The molecule has 1 rings (SSSR count). The summed E-state index contributed by atoms with van der Waals surface area (Å²) in [4.78, 5) is 11.1. The van der Waals surface area contributed by atoms with Crippen molar-refractivity contribution >= 4 is 29.2 Å². The molecule has 0 aliphatic rings. The van der Waals surface area contributed by atoms with Gasteiger partial charge in [0.2, 0.25) is 0 Å². The van der Waals surface area contributed by atoms with Crippen LogP contribution in [0.1, 0.15) is 25.8 Å². The summed E-state index contributed by atoms with van der Waals surface area (Å²) < 4.78 is 0. The Kier molecular flexibility index (Phi) is 6.63. The molecule has 0 fully saturated rings. The Bertz CT molecular complexity index is 435. The van der Waals surface area contributed by atoms with Gasteiger partial charge in [-0.3, -0.25) is 4.79 Å². The Morgan fingerprint density at radius 3 is 2.58 bits per heavy atom. The third-order valence-corrected chi connectivity index (χ3v) is 3.41. The minimum absolute atomic E-state index is 0.363. The molecule has 0 aliphatic heterocycles. The fraction of sp³-hybridized carbons (Fsp3) is 0.500. The van der Waals surface area contributed by atoms with Crippen LogP contribution in [0.25, 0.3) is 0 Å². The summed E-state index contributed by atoms with van der Waals surface area (Å²) in [6.45, 7) is 5.02. The van der Waals surface area contributed by atoms with Crippen LogP contribution in [-0.4, -0.2) is 17.6 Å². The van der Waals surface area contributed by atoms with Crippen molar-refractivity contribution in [2.45, 2.75) is 26.8 Å². The number of aliphatic carboxylic acids is 1. The van der Waals surface area contributed by atoms with E-state index in [9.17, 15) is 4.79 Å². The summed E-state index contributed by atoms with van der Waals surface area (Å²) in [5.41, 5.74) is 0.916. The van der Waals surface area contributed by atoms with Gasteiger partial charge in [0.05, 0.1) is 5.92 Å². The summed E-state index contributed by atoms with van der Waals surface area (Å²) in [7, 11) is 0. The van der Waals surface area contributed by atoms with Crippen LogP contribution < -0.4 is 5.32 Å². The van der Waals surface area contributed by atoms with Gasteiger partial charge < -0.3 is 10.4 Å². The van der Waals surface area contributed by atoms with Crippen LogP contribution >= 0.6 is 23.2 Å². The third-order valence-electron chi connectivity index (χ3n) is 2.83. The molecule has 5 heteroatoms. The zero-order valence-electron chi connectivity index (χ0n) is 11.1. The summed E-state index contributed by atoms with van der Waals surface area (Å²) in [5, 5.41) is 13.5. The van der Waals surface area contributed by atoms with E-state index < -0.39 is 5.97 Å². The lowest BCUT2D eigenvalue weighted by Crippen LogP contribution is -2.29. The Labute approximate surface area is 123 Å². The zero-order valence-corrected chi connectivity index (χ0v) is 12.6. The first-order valence-electron chi connectivity index (χ1n) is 6.27. The van der Waals surface area contributed by atoms with Gasteiger partial charge in [-0.2, -0.15) is 0 Å². The summed E-state index contributed by atoms with van der Waals surface area (Å²) in [6, 6.07) is 5.30. The van der Waals surface area contributed by atoms with Crippen LogP contribution in [0.2, 0.25) is 10.0 Å². The predicted molar refractivity (Wildman–Crippen MR) is 78.7 cm³/mol. The van der Waals surface area contributed by atoms with E-state index in [4.69, 9.17) is 28.3 Å². The van der Waals surface area contributed by atoms with Gasteiger partial charge in [0.25, 0.3) is 0 Å². The minimum Gasteiger partial charge on any atom is -0.481 e. The zero-order chi connectivity index (χ0) is 14.4. The number of carboxylic acids is 1. The van der Waals surface area contributed by atoms with Gasteiger partial charge in [-0.25, -0.2) is 0 Å². The first-order chi connectivity index (χ1) is 8.90. The van der Waals surface area contributed by atoms with E-state index in [0.717, 1.165) is 5.56 Å². The highest BCUT2D eigenvalue weighted by Crippen LogP contribution is 2.21.